The van der Waals surface area contributed by atoms with Gasteiger partial charge in [-0.1, -0.05) is 17.4 Å². The predicted molar refractivity (Wildman–Crippen MR) is 108 cm³/mol. The number of halogens is 1. The van der Waals surface area contributed by atoms with Gasteiger partial charge in [0.05, 0.1) is 16.8 Å². The molecule has 0 aliphatic carbocycles. The maximum Gasteiger partial charge on any atom is 0.338 e. The molecule has 0 saturated carbocycles. The normalized spacial score (nSPS) is 15.8. The molecule has 1 fully saturated rings. The van der Waals surface area contributed by atoms with Crippen molar-refractivity contribution in [1.82, 2.24) is 19.9 Å². The topological polar surface area (TPSA) is 104 Å². The van der Waals surface area contributed by atoms with Crippen LogP contribution in [0.5, 0.6) is 0 Å². The van der Waals surface area contributed by atoms with Crippen LogP contribution in [-0.2, 0) is 4.79 Å². The minimum Gasteiger partial charge on any atom is -0.479 e. The molecule has 8 nitrogen and oxygen atoms in total. The molecule has 2 N–H and O–H groups in total. The summed E-state index contributed by atoms with van der Waals surface area (Å²) in [6.07, 6.45) is 5.80. The Labute approximate surface area is 170 Å². The van der Waals surface area contributed by atoms with Gasteiger partial charge in [-0.05, 0) is 25.0 Å². The Kier molecular flexibility index (Phi) is 5.61. The number of thiazole rings is 1. The lowest BCUT2D eigenvalue weighted by Crippen LogP contribution is -2.38. The van der Waals surface area contributed by atoms with Gasteiger partial charge in [0, 0.05) is 37.6 Å². The summed E-state index contributed by atoms with van der Waals surface area (Å²) in [5.41, 5.74) is 0.784. The molecule has 1 saturated heterocycles. The first-order chi connectivity index (χ1) is 14.1. The third-order valence-electron chi connectivity index (χ3n) is 4.77. The molecular formula is C19H19FN6O2S. The molecule has 1 atom stereocenters. The molecule has 4 rings (SSSR count). The van der Waals surface area contributed by atoms with Gasteiger partial charge < -0.3 is 15.3 Å². The lowest BCUT2D eigenvalue weighted by atomic mass is 9.92. The fourth-order valence-corrected chi connectivity index (χ4v) is 4.19. The first kappa shape index (κ1) is 19.2. The summed E-state index contributed by atoms with van der Waals surface area (Å²) < 4.78 is 13.7. The summed E-state index contributed by atoms with van der Waals surface area (Å²) in [7, 11) is 0. The van der Waals surface area contributed by atoms with Crippen molar-refractivity contribution in [2.24, 2.45) is 5.92 Å². The Bertz CT molecular complexity index is 978. The van der Waals surface area contributed by atoms with Crippen LogP contribution in [-0.4, -0.2) is 50.3 Å². The van der Waals surface area contributed by atoms with E-state index in [0.29, 0.717) is 37.6 Å². The number of alkyl halides is 1. The van der Waals surface area contributed by atoms with Crippen LogP contribution in [0.4, 0.5) is 21.2 Å². The van der Waals surface area contributed by atoms with Gasteiger partial charge in [-0.25, -0.2) is 24.1 Å². The molecular weight excluding hydrogens is 395 g/mol. The Morgan fingerprint density at radius 3 is 2.76 bits per heavy atom. The first-order valence-electron chi connectivity index (χ1n) is 9.18. The van der Waals surface area contributed by atoms with Crippen molar-refractivity contribution in [1.29, 1.82) is 0 Å². The lowest BCUT2D eigenvalue weighted by molar-refractivity contribution is -0.145. The van der Waals surface area contributed by atoms with Crippen molar-refractivity contribution in [2.75, 3.05) is 23.3 Å². The summed E-state index contributed by atoms with van der Waals surface area (Å²) in [6.45, 7) is 1.18. The second-order valence-corrected chi connectivity index (χ2v) is 7.70. The molecule has 150 valence electrons. The molecule has 0 radical (unpaired) electrons. The number of carbonyl (C=O) groups is 1. The number of aromatic nitrogens is 4. The van der Waals surface area contributed by atoms with Crippen molar-refractivity contribution in [3.8, 4) is 10.6 Å². The molecule has 0 bridgehead atoms. The highest BCUT2D eigenvalue weighted by Gasteiger charge is 2.31. The third kappa shape index (κ3) is 4.48. The Hall–Kier alpha value is -3.14. The quantitative estimate of drug-likeness (QED) is 0.633. The molecule has 1 unspecified atom stereocenters. The Morgan fingerprint density at radius 1 is 1.21 bits per heavy atom. The van der Waals surface area contributed by atoms with Crippen molar-refractivity contribution >= 4 is 34.1 Å². The van der Waals surface area contributed by atoms with E-state index in [1.165, 1.54) is 11.3 Å². The number of carboxylic acids is 1. The number of pyridine rings is 1. The van der Waals surface area contributed by atoms with E-state index in [1.807, 2.05) is 18.2 Å². The highest BCUT2D eigenvalue weighted by atomic mass is 32.1. The second kappa shape index (κ2) is 8.48. The Balaban J connectivity index is 1.43. The molecule has 1 aliphatic heterocycles. The Morgan fingerprint density at radius 2 is 2.03 bits per heavy atom. The van der Waals surface area contributed by atoms with Crippen LogP contribution < -0.4 is 10.2 Å². The predicted octanol–water partition coefficient (Wildman–Crippen LogP) is 3.38. The van der Waals surface area contributed by atoms with Crippen LogP contribution in [0.15, 0.2) is 43.0 Å². The molecule has 0 spiro atoms. The maximum atomic E-state index is 13.7. The molecule has 0 amide bonds. The van der Waals surface area contributed by atoms with E-state index in [0.717, 1.165) is 15.7 Å². The minimum atomic E-state index is -1.79. The monoisotopic (exact) mass is 414 g/mol. The van der Waals surface area contributed by atoms with Gasteiger partial charge in [0.2, 0.25) is 0 Å². The van der Waals surface area contributed by atoms with Gasteiger partial charge in [-0.2, -0.15) is 0 Å². The molecule has 0 aromatic carbocycles. The summed E-state index contributed by atoms with van der Waals surface area (Å²) in [5, 5.41) is 12.8. The van der Waals surface area contributed by atoms with E-state index in [1.54, 1.807) is 24.8 Å². The van der Waals surface area contributed by atoms with Crippen molar-refractivity contribution < 1.29 is 14.3 Å². The number of nitrogens with zero attached hydrogens (tertiary/aromatic N) is 5. The van der Waals surface area contributed by atoms with E-state index in [9.17, 15) is 9.18 Å². The van der Waals surface area contributed by atoms with E-state index >= 15 is 0 Å². The number of hydrogen-bond acceptors (Lipinski definition) is 8. The zero-order valence-corrected chi connectivity index (χ0v) is 16.2. The molecule has 29 heavy (non-hydrogen) atoms. The van der Waals surface area contributed by atoms with Crippen LogP contribution in [0.2, 0.25) is 0 Å². The number of aliphatic carboxylic acids is 1. The van der Waals surface area contributed by atoms with Crippen LogP contribution in [0, 0.1) is 5.92 Å². The van der Waals surface area contributed by atoms with Gasteiger partial charge in [-0.3, -0.25) is 4.98 Å². The van der Waals surface area contributed by atoms with Crippen LogP contribution >= 0.6 is 11.3 Å². The van der Waals surface area contributed by atoms with E-state index in [-0.39, 0.29) is 0 Å². The van der Waals surface area contributed by atoms with E-state index in [2.05, 4.69) is 30.2 Å². The molecule has 10 heteroatoms. The largest absolute Gasteiger partial charge is 0.479 e. The van der Waals surface area contributed by atoms with Gasteiger partial charge in [-0.15, -0.1) is 0 Å². The summed E-state index contributed by atoms with van der Waals surface area (Å²) >= 11 is 1.51. The van der Waals surface area contributed by atoms with Gasteiger partial charge >= 0.3 is 5.97 Å². The standard InChI is InChI=1S/C19H19FN6O2S/c20-17(18(27)28)12-4-8-26(9-5-12)19-23-10-14(29-19)13-2-1-3-15(24-13)25-16-11-21-6-7-22-16/h1-3,6-7,10-12,17H,4-5,8-9H2,(H,27,28)(H,22,24,25). The fourth-order valence-electron chi connectivity index (χ4n) is 3.25. The smallest absolute Gasteiger partial charge is 0.338 e. The number of anilines is 3. The van der Waals surface area contributed by atoms with E-state index in [4.69, 9.17) is 5.11 Å². The fraction of sp³-hybridized carbons (Fsp3) is 0.316. The van der Waals surface area contributed by atoms with Gasteiger partial charge in [0.1, 0.15) is 11.6 Å². The number of rotatable bonds is 6. The van der Waals surface area contributed by atoms with Gasteiger partial charge in [0.15, 0.2) is 11.3 Å². The summed E-state index contributed by atoms with van der Waals surface area (Å²) in [4.78, 5) is 31.1. The average molecular weight is 414 g/mol. The highest BCUT2D eigenvalue weighted by molar-refractivity contribution is 7.18. The van der Waals surface area contributed by atoms with Gasteiger partial charge in [0.25, 0.3) is 0 Å². The minimum absolute atomic E-state index is 0.436. The molecule has 3 aromatic rings. The zero-order chi connectivity index (χ0) is 20.2. The molecule has 3 aromatic heterocycles. The zero-order valence-electron chi connectivity index (χ0n) is 15.4. The third-order valence-corrected chi connectivity index (χ3v) is 5.85. The molecule has 4 heterocycles. The summed E-state index contributed by atoms with van der Waals surface area (Å²) in [5.74, 6) is -0.548. The summed E-state index contributed by atoms with van der Waals surface area (Å²) in [6, 6.07) is 5.66. The molecule has 1 aliphatic rings. The van der Waals surface area contributed by atoms with Crippen LogP contribution in [0.3, 0.4) is 0 Å². The van der Waals surface area contributed by atoms with Crippen molar-refractivity contribution in [3.63, 3.8) is 0 Å². The average Bonchev–Trinajstić information content (AvgIpc) is 3.24. The second-order valence-electron chi connectivity index (χ2n) is 6.70. The van der Waals surface area contributed by atoms with E-state index < -0.39 is 18.1 Å². The number of hydrogen-bond donors (Lipinski definition) is 2. The number of nitrogens with one attached hydrogen (secondary N) is 1. The number of piperidine rings is 1. The highest BCUT2D eigenvalue weighted by Crippen LogP contribution is 2.33. The maximum absolute atomic E-state index is 13.7. The SMILES string of the molecule is O=C(O)C(F)C1CCN(c2ncc(-c3cccc(Nc4cnccn4)n3)s2)CC1. The van der Waals surface area contributed by atoms with Crippen molar-refractivity contribution in [2.45, 2.75) is 19.0 Å². The van der Waals surface area contributed by atoms with Crippen LogP contribution in [0.25, 0.3) is 10.6 Å². The number of carboxylic acid groups (broad SMARTS) is 1. The van der Waals surface area contributed by atoms with Crippen molar-refractivity contribution in [3.05, 3.63) is 43.0 Å². The first-order valence-corrected chi connectivity index (χ1v) is 10.00. The van der Waals surface area contributed by atoms with Crippen LogP contribution in [0.1, 0.15) is 12.8 Å². The lowest BCUT2D eigenvalue weighted by Gasteiger charge is -2.32.